The number of H-pyrrole nitrogens is 1. The van der Waals surface area contributed by atoms with Gasteiger partial charge in [-0.2, -0.15) is 0 Å². The molecule has 2 heterocycles. The van der Waals surface area contributed by atoms with Gasteiger partial charge in [-0.05, 0) is 11.6 Å². The zero-order chi connectivity index (χ0) is 19.5. The highest BCUT2D eigenvalue weighted by atomic mass is 35.5. The minimum absolute atomic E-state index is 0.0565. The second-order valence-corrected chi connectivity index (χ2v) is 7.12. The molecule has 2 N–H and O–H groups in total. The van der Waals surface area contributed by atoms with E-state index in [2.05, 4.69) is 20.2 Å². The second kappa shape index (κ2) is 7.96. The first-order valence-electron chi connectivity index (χ1n) is 9.03. The van der Waals surface area contributed by atoms with Crippen LogP contribution in [-0.2, 0) is 11.3 Å². The molecule has 4 rings (SSSR count). The van der Waals surface area contributed by atoms with Crippen LogP contribution >= 0.6 is 11.6 Å². The Labute approximate surface area is 167 Å². The third-order valence-electron chi connectivity index (χ3n) is 4.64. The molecule has 0 spiro atoms. The molecule has 0 aliphatic carbocycles. The summed E-state index contributed by atoms with van der Waals surface area (Å²) >= 11 is 6.25. The zero-order valence-corrected chi connectivity index (χ0v) is 15.9. The minimum atomic E-state index is -0.233. The van der Waals surface area contributed by atoms with E-state index >= 15 is 0 Å². The van der Waals surface area contributed by atoms with Crippen molar-refractivity contribution in [2.75, 3.05) is 19.6 Å². The van der Waals surface area contributed by atoms with Crippen molar-refractivity contribution in [3.8, 4) is 22.6 Å². The number of piperazine rings is 1. The van der Waals surface area contributed by atoms with Gasteiger partial charge < -0.3 is 10.3 Å². The molecule has 6 nitrogen and oxygen atoms in total. The van der Waals surface area contributed by atoms with Crippen LogP contribution in [0.4, 0.5) is 0 Å². The number of rotatable bonds is 4. The summed E-state index contributed by atoms with van der Waals surface area (Å²) in [6, 6.07) is 16.6. The number of nitrogens with zero attached hydrogens (tertiary/aromatic N) is 2. The van der Waals surface area contributed by atoms with Gasteiger partial charge in [0.15, 0.2) is 0 Å². The Kier molecular flexibility index (Phi) is 5.23. The van der Waals surface area contributed by atoms with Crippen molar-refractivity contribution in [1.82, 2.24) is 20.2 Å². The Morgan fingerprint density at radius 2 is 1.86 bits per heavy atom. The van der Waals surface area contributed by atoms with E-state index in [4.69, 9.17) is 11.6 Å². The van der Waals surface area contributed by atoms with E-state index < -0.39 is 0 Å². The number of amides is 1. The molecule has 3 aromatic rings. The van der Waals surface area contributed by atoms with Gasteiger partial charge in [-0.3, -0.25) is 14.5 Å². The predicted octanol–water partition coefficient (Wildman–Crippen LogP) is 2.69. The van der Waals surface area contributed by atoms with E-state index in [0.29, 0.717) is 36.2 Å². The minimum Gasteiger partial charge on any atom is -0.354 e. The van der Waals surface area contributed by atoms with Gasteiger partial charge in [-0.1, -0.05) is 54.1 Å². The number of aromatic amines is 1. The third-order valence-corrected chi connectivity index (χ3v) is 4.97. The Hall–Kier alpha value is -2.96. The molecule has 142 valence electrons. The van der Waals surface area contributed by atoms with Gasteiger partial charge in [0.05, 0.1) is 12.2 Å². The van der Waals surface area contributed by atoms with E-state index in [-0.39, 0.29) is 11.5 Å². The van der Waals surface area contributed by atoms with Crippen LogP contribution < -0.4 is 10.9 Å². The maximum Gasteiger partial charge on any atom is 0.251 e. The summed E-state index contributed by atoms with van der Waals surface area (Å²) in [7, 11) is 0. The maximum absolute atomic E-state index is 12.1. The number of halogens is 1. The van der Waals surface area contributed by atoms with Crippen LogP contribution in [0.5, 0.6) is 0 Å². The summed E-state index contributed by atoms with van der Waals surface area (Å²) in [6.45, 7) is 2.63. The van der Waals surface area contributed by atoms with E-state index in [1.807, 2.05) is 42.5 Å². The lowest BCUT2D eigenvalue weighted by Gasteiger charge is -2.26. The number of hydrogen-bond acceptors (Lipinski definition) is 4. The highest BCUT2D eigenvalue weighted by Gasteiger charge is 2.16. The molecule has 28 heavy (non-hydrogen) atoms. The van der Waals surface area contributed by atoms with Gasteiger partial charge >= 0.3 is 0 Å². The van der Waals surface area contributed by atoms with Crippen molar-refractivity contribution in [2.24, 2.45) is 0 Å². The summed E-state index contributed by atoms with van der Waals surface area (Å²) in [5, 5.41) is 3.37. The molecule has 1 saturated heterocycles. The molecule has 1 aliphatic heterocycles. The SMILES string of the molecule is O=C1CN(Cc2ccc(-c3nc(-c4ccccc4Cl)cc(=O)[nH]3)cc2)CCN1. The number of carbonyl (C=O) groups excluding carboxylic acids is 1. The average Bonchev–Trinajstić information content (AvgIpc) is 2.68. The van der Waals surface area contributed by atoms with Gasteiger partial charge in [0.2, 0.25) is 5.91 Å². The molecule has 2 aromatic carbocycles. The Morgan fingerprint density at radius 3 is 2.61 bits per heavy atom. The smallest absolute Gasteiger partial charge is 0.251 e. The molecule has 0 bridgehead atoms. The van der Waals surface area contributed by atoms with Gasteiger partial charge in [-0.15, -0.1) is 0 Å². The summed E-state index contributed by atoms with van der Waals surface area (Å²) in [6.07, 6.45) is 0. The second-order valence-electron chi connectivity index (χ2n) is 6.72. The monoisotopic (exact) mass is 394 g/mol. The van der Waals surface area contributed by atoms with Crippen LogP contribution in [0, 0.1) is 0 Å². The van der Waals surface area contributed by atoms with Gasteiger partial charge in [0.25, 0.3) is 5.56 Å². The van der Waals surface area contributed by atoms with Crippen molar-refractivity contribution in [1.29, 1.82) is 0 Å². The fourth-order valence-electron chi connectivity index (χ4n) is 3.25. The normalized spacial score (nSPS) is 14.7. The number of nitrogens with one attached hydrogen (secondary N) is 2. The molecule has 1 fully saturated rings. The quantitative estimate of drug-likeness (QED) is 0.713. The molecular formula is C21H19ClN4O2. The first-order valence-corrected chi connectivity index (χ1v) is 9.41. The fourth-order valence-corrected chi connectivity index (χ4v) is 3.49. The van der Waals surface area contributed by atoms with Crippen LogP contribution in [0.15, 0.2) is 59.4 Å². The summed E-state index contributed by atoms with van der Waals surface area (Å²) in [5.41, 5.74) is 2.93. The number of benzene rings is 2. The summed E-state index contributed by atoms with van der Waals surface area (Å²) < 4.78 is 0. The molecule has 1 aliphatic rings. The molecule has 0 atom stereocenters. The van der Waals surface area contributed by atoms with Gasteiger partial charge in [0.1, 0.15) is 5.82 Å². The Morgan fingerprint density at radius 1 is 1.07 bits per heavy atom. The number of carbonyl (C=O) groups is 1. The Balaban J connectivity index is 1.58. The molecule has 7 heteroatoms. The van der Waals surface area contributed by atoms with Crippen molar-refractivity contribution in [2.45, 2.75) is 6.54 Å². The molecule has 0 unspecified atom stereocenters. The molecular weight excluding hydrogens is 376 g/mol. The van der Waals surface area contributed by atoms with Crippen LogP contribution in [0.3, 0.4) is 0 Å². The lowest BCUT2D eigenvalue weighted by molar-refractivity contribution is -0.124. The molecule has 1 aromatic heterocycles. The van der Waals surface area contributed by atoms with Crippen molar-refractivity contribution < 1.29 is 4.79 Å². The maximum atomic E-state index is 12.1. The standard InChI is InChI=1S/C21H19ClN4O2/c22-17-4-2-1-3-16(17)18-11-19(27)25-21(24-18)15-7-5-14(6-8-15)12-26-10-9-23-20(28)13-26/h1-8,11H,9-10,12-13H2,(H,23,28)(H,24,25,27). The lowest BCUT2D eigenvalue weighted by atomic mass is 10.1. The first kappa shape index (κ1) is 18.4. The number of hydrogen-bond donors (Lipinski definition) is 2. The first-order chi connectivity index (χ1) is 13.6. The van der Waals surface area contributed by atoms with E-state index in [1.54, 1.807) is 6.07 Å². The van der Waals surface area contributed by atoms with Gasteiger partial charge in [0, 0.05) is 41.9 Å². The van der Waals surface area contributed by atoms with E-state index in [0.717, 1.165) is 23.2 Å². The van der Waals surface area contributed by atoms with Gasteiger partial charge in [-0.25, -0.2) is 4.98 Å². The van der Waals surface area contributed by atoms with E-state index in [1.165, 1.54) is 6.07 Å². The van der Waals surface area contributed by atoms with Crippen molar-refractivity contribution in [3.05, 3.63) is 75.5 Å². The fraction of sp³-hybridized carbons (Fsp3) is 0.190. The van der Waals surface area contributed by atoms with Crippen molar-refractivity contribution in [3.63, 3.8) is 0 Å². The largest absolute Gasteiger partial charge is 0.354 e. The summed E-state index contributed by atoms with van der Waals surface area (Å²) in [4.78, 5) is 33.1. The number of aromatic nitrogens is 2. The highest BCUT2D eigenvalue weighted by molar-refractivity contribution is 6.33. The molecule has 0 saturated carbocycles. The Bertz CT molecular complexity index is 1060. The lowest BCUT2D eigenvalue weighted by Crippen LogP contribution is -2.47. The molecule has 1 amide bonds. The van der Waals surface area contributed by atoms with Crippen LogP contribution in [0.1, 0.15) is 5.56 Å². The van der Waals surface area contributed by atoms with E-state index in [9.17, 15) is 9.59 Å². The van der Waals surface area contributed by atoms with Crippen LogP contribution in [-0.4, -0.2) is 40.4 Å². The topological polar surface area (TPSA) is 78.1 Å². The zero-order valence-electron chi connectivity index (χ0n) is 15.1. The summed E-state index contributed by atoms with van der Waals surface area (Å²) in [5.74, 6) is 0.548. The molecule has 0 radical (unpaired) electrons. The third kappa shape index (κ3) is 4.13. The van der Waals surface area contributed by atoms with Crippen LogP contribution in [0.2, 0.25) is 5.02 Å². The average molecular weight is 395 g/mol. The van der Waals surface area contributed by atoms with Crippen molar-refractivity contribution >= 4 is 17.5 Å². The highest BCUT2D eigenvalue weighted by Crippen LogP contribution is 2.26. The predicted molar refractivity (Wildman–Crippen MR) is 109 cm³/mol. The van der Waals surface area contributed by atoms with Crippen LogP contribution in [0.25, 0.3) is 22.6 Å².